The number of aromatic nitrogens is 3. The minimum atomic E-state index is 0.00180. The van der Waals surface area contributed by atoms with E-state index in [1.165, 1.54) is 13.3 Å². The van der Waals surface area contributed by atoms with E-state index in [0.29, 0.717) is 5.82 Å². The van der Waals surface area contributed by atoms with Gasteiger partial charge < -0.3 is 9.67 Å². The maximum absolute atomic E-state index is 9.43. The highest BCUT2D eigenvalue weighted by molar-refractivity contribution is 5.73. The molecule has 1 aromatic heterocycles. The normalized spacial score (nSPS) is 17.0. The number of hydrogen-bond acceptors (Lipinski definition) is 4. The molecule has 0 atom stereocenters. The average Bonchev–Trinajstić information content (AvgIpc) is 2.50. The van der Waals surface area contributed by atoms with Crippen molar-refractivity contribution in [3.05, 3.63) is 17.4 Å². The van der Waals surface area contributed by atoms with Crippen LogP contribution in [0.2, 0.25) is 0 Å². The van der Waals surface area contributed by atoms with E-state index in [1.807, 2.05) is 10.6 Å². The SMILES string of the molecule is CC(O)=C(C#N)c1nnc2n1CCCCC2. The Kier molecular flexibility index (Phi) is 2.91. The Labute approximate surface area is 94.0 Å². The predicted octanol–water partition coefficient (Wildman–Crippen LogP) is 1.82. The van der Waals surface area contributed by atoms with E-state index in [2.05, 4.69) is 10.2 Å². The third kappa shape index (κ3) is 1.78. The van der Waals surface area contributed by atoms with Crippen LogP contribution in [0.4, 0.5) is 0 Å². The molecular weight excluding hydrogens is 204 g/mol. The van der Waals surface area contributed by atoms with E-state index in [4.69, 9.17) is 5.26 Å². The first-order valence-electron chi connectivity index (χ1n) is 5.46. The summed E-state index contributed by atoms with van der Waals surface area (Å²) >= 11 is 0. The Morgan fingerprint density at radius 3 is 2.88 bits per heavy atom. The van der Waals surface area contributed by atoms with Gasteiger partial charge in [0.05, 0.1) is 0 Å². The van der Waals surface area contributed by atoms with Crippen molar-refractivity contribution in [3.8, 4) is 6.07 Å². The number of aliphatic hydroxyl groups excluding tert-OH is 1. The first kappa shape index (κ1) is 10.7. The number of fused-ring (bicyclic) bond motifs is 1. The fraction of sp³-hybridized carbons (Fsp3) is 0.545. The molecule has 1 N–H and O–H groups in total. The lowest BCUT2D eigenvalue weighted by atomic mass is 10.2. The van der Waals surface area contributed by atoms with Crippen molar-refractivity contribution in [2.24, 2.45) is 0 Å². The molecular formula is C11H14N4O. The van der Waals surface area contributed by atoms with Gasteiger partial charge in [0.25, 0.3) is 0 Å². The molecule has 0 unspecified atom stereocenters. The van der Waals surface area contributed by atoms with Crippen molar-refractivity contribution in [3.63, 3.8) is 0 Å². The summed E-state index contributed by atoms with van der Waals surface area (Å²) in [5, 5.41) is 26.5. The maximum Gasteiger partial charge on any atom is 0.178 e. The van der Waals surface area contributed by atoms with Gasteiger partial charge in [-0.1, -0.05) is 6.42 Å². The van der Waals surface area contributed by atoms with Gasteiger partial charge in [0.1, 0.15) is 23.2 Å². The van der Waals surface area contributed by atoms with Crippen LogP contribution in [-0.2, 0) is 13.0 Å². The van der Waals surface area contributed by atoms with Crippen molar-refractivity contribution >= 4 is 5.57 Å². The van der Waals surface area contributed by atoms with Gasteiger partial charge in [-0.25, -0.2) is 0 Å². The second-order valence-corrected chi connectivity index (χ2v) is 3.97. The molecule has 1 aliphatic heterocycles. The van der Waals surface area contributed by atoms with Gasteiger partial charge >= 0.3 is 0 Å². The van der Waals surface area contributed by atoms with Crippen molar-refractivity contribution in [2.45, 2.75) is 39.2 Å². The molecule has 5 heteroatoms. The maximum atomic E-state index is 9.43. The van der Waals surface area contributed by atoms with E-state index in [1.54, 1.807) is 0 Å². The molecule has 0 radical (unpaired) electrons. The van der Waals surface area contributed by atoms with E-state index in [-0.39, 0.29) is 11.3 Å². The summed E-state index contributed by atoms with van der Waals surface area (Å²) in [4.78, 5) is 0. The summed E-state index contributed by atoms with van der Waals surface area (Å²) in [6.45, 7) is 2.33. The third-order valence-electron chi connectivity index (χ3n) is 2.81. The molecule has 2 heterocycles. The minimum absolute atomic E-state index is 0.00180. The standard InChI is InChI=1S/C11H14N4O/c1-8(16)9(7-12)11-14-13-10-5-3-2-4-6-15(10)11/h16H,2-6H2,1H3. The molecule has 0 saturated carbocycles. The van der Waals surface area contributed by atoms with Gasteiger partial charge in [0, 0.05) is 13.0 Å². The quantitative estimate of drug-likeness (QED) is 0.576. The van der Waals surface area contributed by atoms with Gasteiger partial charge in [-0.2, -0.15) is 5.26 Å². The molecule has 0 amide bonds. The van der Waals surface area contributed by atoms with Crippen LogP contribution >= 0.6 is 0 Å². The number of nitriles is 1. The number of nitrogens with zero attached hydrogens (tertiary/aromatic N) is 4. The monoisotopic (exact) mass is 218 g/mol. The van der Waals surface area contributed by atoms with Gasteiger partial charge in [0.15, 0.2) is 5.82 Å². The number of aliphatic hydroxyl groups is 1. The van der Waals surface area contributed by atoms with Crippen LogP contribution in [0.1, 0.15) is 37.8 Å². The summed E-state index contributed by atoms with van der Waals surface area (Å²) in [7, 11) is 0. The van der Waals surface area contributed by atoms with Crippen LogP contribution in [0.25, 0.3) is 5.57 Å². The lowest BCUT2D eigenvalue weighted by Gasteiger charge is -2.05. The van der Waals surface area contributed by atoms with Gasteiger partial charge in [0.2, 0.25) is 0 Å². The van der Waals surface area contributed by atoms with E-state index < -0.39 is 0 Å². The van der Waals surface area contributed by atoms with Crippen molar-refractivity contribution in [2.75, 3.05) is 0 Å². The third-order valence-corrected chi connectivity index (χ3v) is 2.81. The summed E-state index contributed by atoms with van der Waals surface area (Å²) < 4.78 is 1.95. The Morgan fingerprint density at radius 2 is 2.19 bits per heavy atom. The molecule has 0 saturated heterocycles. The number of rotatable bonds is 1. The van der Waals surface area contributed by atoms with Crippen LogP contribution in [0.15, 0.2) is 5.76 Å². The zero-order chi connectivity index (χ0) is 11.5. The van der Waals surface area contributed by atoms with E-state index in [0.717, 1.165) is 31.6 Å². The Bertz CT molecular complexity index is 463. The van der Waals surface area contributed by atoms with Crippen molar-refractivity contribution in [1.29, 1.82) is 5.26 Å². The molecule has 1 aliphatic rings. The van der Waals surface area contributed by atoms with Crippen molar-refractivity contribution < 1.29 is 5.11 Å². The first-order valence-corrected chi connectivity index (χ1v) is 5.46. The smallest absolute Gasteiger partial charge is 0.178 e. The van der Waals surface area contributed by atoms with Crippen molar-refractivity contribution in [1.82, 2.24) is 14.8 Å². The highest BCUT2D eigenvalue weighted by atomic mass is 16.3. The largest absolute Gasteiger partial charge is 0.511 e. The predicted molar refractivity (Wildman–Crippen MR) is 58.4 cm³/mol. The highest BCUT2D eigenvalue weighted by Crippen LogP contribution is 2.20. The average molecular weight is 218 g/mol. The molecule has 84 valence electrons. The molecule has 1 aromatic rings. The van der Waals surface area contributed by atoms with Crippen LogP contribution in [0, 0.1) is 11.3 Å². The second-order valence-electron chi connectivity index (χ2n) is 3.97. The molecule has 0 aliphatic carbocycles. The van der Waals surface area contributed by atoms with Crippen LogP contribution < -0.4 is 0 Å². The topological polar surface area (TPSA) is 74.7 Å². The highest BCUT2D eigenvalue weighted by Gasteiger charge is 2.18. The Morgan fingerprint density at radius 1 is 1.38 bits per heavy atom. The zero-order valence-corrected chi connectivity index (χ0v) is 9.27. The van der Waals surface area contributed by atoms with E-state index in [9.17, 15) is 5.11 Å². The minimum Gasteiger partial charge on any atom is -0.511 e. The van der Waals surface area contributed by atoms with Gasteiger partial charge in [-0.3, -0.25) is 0 Å². The van der Waals surface area contributed by atoms with Gasteiger partial charge in [-0.15, -0.1) is 10.2 Å². The molecule has 0 spiro atoms. The first-order chi connectivity index (χ1) is 7.74. The lowest BCUT2D eigenvalue weighted by molar-refractivity contribution is 0.417. The summed E-state index contributed by atoms with van der Waals surface area (Å²) in [5.74, 6) is 1.42. The fourth-order valence-corrected chi connectivity index (χ4v) is 1.96. The molecule has 0 aromatic carbocycles. The van der Waals surface area contributed by atoms with Crippen LogP contribution in [0.5, 0.6) is 0 Å². The zero-order valence-electron chi connectivity index (χ0n) is 9.27. The summed E-state index contributed by atoms with van der Waals surface area (Å²) in [6.07, 6.45) is 4.26. The molecule has 2 rings (SSSR count). The molecule has 16 heavy (non-hydrogen) atoms. The summed E-state index contributed by atoms with van der Waals surface area (Å²) in [5.41, 5.74) is 0.223. The molecule has 0 bridgehead atoms. The van der Waals surface area contributed by atoms with Crippen LogP contribution in [0.3, 0.4) is 0 Å². The van der Waals surface area contributed by atoms with Gasteiger partial charge in [-0.05, 0) is 19.8 Å². The summed E-state index contributed by atoms with van der Waals surface area (Å²) in [6, 6.07) is 1.98. The van der Waals surface area contributed by atoms with E-state index >= 15 is 0 Å². The number of aryl methyl sites for hydroxylation is 1. The number of hydrogen-bond donors (Lipinski definition) is 1. The lowest BCUT2D eigenvalue weighted by Crippen LogP contribution is -2.05. The molecule has 0 fully saturated rings. The van der Waals surface area contributed by atoms with Crippen LogP contribution in [-0.4, -0.2) is 19.9 Å². The molecule has 5 nitrogen and oxygen atoms in total. The Balaban J connectivity index is 2.48. The fourth-order valence-electron chi connectivity index (χ4n) is 1.96. The second kappa shape index (κ2) is 4.35. The number of allylic oxidation sites excluding steroid dienone is 2. The Hall–Kier alpha value is -1.83.